The number of aryl methyl sites for hydroxylation is 1. The molecule has 0 saturated carbocycles. The monoisotopic (exact) mass is 299 g/mol. The fourth-order valence-electron chi connectivity index (χ4n) is 2.11. The van der Waals surface area contributed by atoms with E-state index in [1.165, 1.54) is 0 Å². The number of hydrogen-bond donors (Lipinski definition) is 1. The third-order valence-corrected chi connectivity index (χ3v) is 3.09. The third kappa shape index (κ3) is 8.21. The topological polar surface area (TPSA) is 55.1 Å². The Balaban J connectivity index is 2.46. The van der Waals surface area contributed by atoms with Crippen molar-refractivity contribution in [2.24, 2.45) is 0 Å². The maximum atomic E-state index is 10.1. The van der Waals surface area contributed by atoms with Crippen LogP contribution < -0.4 is 0 Å². The molecule has 5 heteroatoms. The summed E-state index contributed by atoms with van der Waals surface area (Å²) in [6.07, 6.45) is 0.564. The van der Waals surface area contributed by atoms with Gasteiger partial charge in [-0.15, -0.1) is 0 Å². The SMILES string of the molecule is COCCCN(Cc1ccc(C)o1)CC(O)COC(C)C. The van der Waals surface area contributed by atoms with E-state index in [0.29, 0.717) is 26.3 Å². The first-order valence-electron chi connectivity index (χ1n) is 7.57. The average Bonchev–Trinajstić information content (AvgIpc) is 2.82. The molecule has 122 valence electrons. The Hall–Kier alpha value is -0.880. The second-order valence-corrected chi connectivity index (χ2v) is 5.63. The zero-order valence-electron chi connectivity index (χ0n) is 13.7. The molecule has 0 amide bonds. The van der Waals surface area contributed by atoms with Crippen LogP contribution >= 0.6 is 0 Å². The second-order valence-electron chi connectivity index (χ2n) is 5.63. The third-order valence-electron chi connectivity index (χ3n) is 3.09. The van der Waals surface area contributed by atoms with E-state index in [2.05, 4.69) is 4.90 Å². The molecular formula is C16H29NO4. The molecule has 0 bridgehead atoms. The van der Waals surface area contributed by atoms with Crippen molar-refractivity contribution in [3.8, 4) is 0 Å². The lowest BCUT2D eigenvalue weighted by Gasteiger charge is -2.24. The van der Waals surface area contributed by atoms with Crippen LogP contribution in [-0.4, -0.2) is 55.6 Å². The molecule has 0 aliphatic carbocycles. The van der Waals surface area contributed by atoms with Crippen LogP contribution in [0.2, 0.25) is 0 Å². The Morgan fingerprint density at radius 2 is 2.10 bits per heavy atom. The van der Waals surface area contributed by atoms with Gasteiger partial charge in [-0.1, -0.05) is 0 Å². The minimum absolute atomic E-state index is 0.134. The molecule has 1 aromatic heterocycles. The lowest BCUT2D eigenvalue weighted by atomic mass is 10.3. The molecule has 0 fully saturated rings. The summed E-state index contributed by atoms with van der Waals surface area (Å²) in [6.45, 7) is 9.05. The van der Waals surface area contributed by atoms with Crippen LogP contribution in [0.3, 0.4) is 0 Å². The highest BCUT2D eigenvalue weighted by Crippen LogP contribution is 2.11. The molecule has 5 nitrogen and oxygen atoms in total. The number of ether oxygens (including phenoxy) is 2. The predicted octanol–water partition coefficient (Wildman–Crippen LogP) is 2.21. The molecule has 0 aliphatic heterocycles. The fourth-order valence-corrected chi connectivity index (χ4v) is 2.11. The summed E-state index contributed by atoms with van der Waals surface area (Å²) in [7, 11) is 1.70. The van der Waals surface area contributed by atoms with Gasteiger partial charge in [0.05, 0.1) is 25.4 Å². The molecule has 1 rings (SSSR count). The zero-order valence-corrected chi connectivity index (χ0v) is 13.7. The van der Waals surface area contributed by atoms with Crippen LogP contribution in [0.1, 0.15) is 31.8 Å². The van der Waals surface area contributed by atoms with Crippen molar-refractivity contribution in [3.63, 3.8) is 0 Å². The zero-order chi connectivity index (χ0) is 15.7. The molecule has 1 unspecified atom stereocenters. The van der Waals surface area contributed by atoms with Crippen molar-refractivity contribution in [1.82, 2.24) is 4.90 Å². The molecule has 0 radical (unpaired) electrons. The molecule has 1 heterocycles. The fraction of sp³-hybridized carbons (Fsp3) is 0.750. The molecule has 1 atom stereocenters. The quantitative estimate of drug-likeness (QED) is 0.635. The standard InChI is InChI=1S/C16H29NO4/c1-13(2)20-12-15(18)10-17(8-5-9-19-4)11-16-7-6-14(3)21-16/h6-7,13,15,18H,5,8-12H2,1-4H3. The highest BCUT2D eigenvalue weighted by molar-refractivity contribution is 5.05. The normalized spacial score (nSPS) is 13.3. The summed E-state index contributed by atoms with van der Waals surface area (Å²) < 4.78 is 16.2. The van der Waals surface area contributed by atoms with Crippen molar-refractivity contribution in [2.45, 2.75) is 45.9 Å². The van der Waals surface area contributed by atoms with Crippen LogP contribution in [0.15, 0.2) is 16.5 Å². The predicted molar refractivity (Wildman–Crippen MR) is 82.3 cm³/mol. The second kappa shape index (κ2) is 9.95. The van der Waals surface area contributed by atoms with E-state index in [9.17, 15) is 5.11 Å². The number of hydrogen-bond acceptors (Lipinski definition) is 5. The van der Waals surface area contributed by atoms with Gasteiger partial charge >= 0.3 is 0 Å². The van der Waals surface area contributed by atoms with Gasteiger partial charge in [0.15, 0.2) is 0 Å². The molecule has 0 aliphatic rings. The van der Waals surface area contributed by atoms with Gasteiger partial charge in [0.1, 0.15) is 11.5 Å². The smallest absolute Gasteiger partial charge is 0.118 e. The molecule has 0 aromatic carbocycles. The average molecular weight is 299 g/mol. The van der Waals surface area contributed by atoms with Crippen LogP contribution in [0.4, 0.5) is 0 Å². The molecule has 21 heavy (non-hydrogen) atoms. The number of nitrogens with zero attached hydrogens (tertiary/aromatic N) is 1. The minimum Gasteiger partial charge on any atom is -0.465 e. The van der Waals surface area contributed by atoms with E-state index in [0.717, 1.165) is 24.5 Å². The van der Waals surface area contributed by atoms with Crippen molar-refractivity contribution in [2.75, 3.05) is 33.4 Å². The Kier molecular flexibility index (Phi) is 8.61. The van der Waals surface area contributed by atoms with E-state index in [1.807, 2.05) is 32.9 Å². The first-order valence-corrected chi connectivity index (χ1v) is 7.57. The van der Waals surface area contributed by atoms with Crippen LogP contribution in [0, 0.1) is 6.92 Å². The number of methoxy groups -OCH3 is 1. The molecular weight excluding hydrogens is 270 g/mol. The largest absolute Gasteiger partial charge is 0.465 e. The van der Waals surface area contributed by atoms with Crippen LogP contribution in [0.25, 0.3) is 0 Å². The van der Waals surface area contributed by atoms with E-state index in [4.69, 9.17) is 13.9 Å². The van der Waals surface area contributed by atoms with Gasteiger partial charge in [0.2, 0.25) is 0 Å². The lowest BCUT2D eigenvalue weighted by Crippen LogP contribution is -2.36. The lowest BCUT2D eigenvalue weighted by molar-refractivity contribution is -0.0110. The molecule has 0 saturated heterocycles. The van der Waals surface area contributed by atoms with Crippen LogP contribution in [0.5, 0.6) is 0 Å². The van der Waals surface area contributed by atoms with Crippen LogP contribution in [-0.2, 0) is 16.0 Å². The Labute approximate surface area is 127 Å². The number of aliphatic hydroxyl groups is 1. The summed E-state index contributed by atoms with van der Waals surface area (Å²) >= 11 is 0. The van der Waals surface area contributed by atoms with E-state index in [-0.39, 0.29) is 6.10 Å². The molecule has 0 spiro atoms. The van der Waals surface area contributed by atoms with Gasteiger partial charge in [0, 0.05) is 26.8 Å². The van der Waals surface area contributed by atoms with Gasteiger partial charge in [0.25, 0.3) is 0 Å². The van der Waals surface area contributed by atoms with Gasteiger partial charge in [-0.05, 0) is 39.3 Å². The number of aliphatic hydroxyl groups excluding tert-OH is 1. The Morgan fingerprint density at radius 3 is 2.67 bits per heavy atom. The summed E-state index contributed by atoms with van der Waals surface area (Å²) in [4.78, 5) is 2.17. The van der Waals surface area contributed by atoms with Crippen molar-refractivity contribution >= 4 is 0 Å². The Morgan fingerprint density at radius 1 is 1.33 bits per heavy atom. The highest BCUT2D eigenvalue weighted by atomic mass is 16.5. The van der Waals surface area contributed by atoms with Crippen molar-refractivity contribution in [1.29, 1.82) is 0 Å². The van der Waals surface area contributed by atoms with Gasteiger partial charge in [-0.2, -0.15) is 0 Å². The van der Waals surface area contributed by atoms with E-state index >= 15 is 0 Å². The highest BCUT2D eigenvalue weighted by Gasteiger charge is 2.14. The molecule has 1 aromatic rings. The van der Waals surface area contributed by atoms with Gasteiger partial charge < -0.3 is 19.0 Å². The summed E-state index contributed by atoms with van der Waals surface area (Å²) in [6, 6.07) is 3.94. The van der Waals surface area contributed by atoms with E-state index < -0.39 is 6.10 Å². The maximum absolute atomic E-state index is 10.1. The van der Waals surface area contributed by atoms with Crippen molar-refractivity contribution < 1.29 is 19.0 Å². The summed E-state index contributed by atoms with van der Waals surface area (Å²) in [5.74, 6) is 1.83. The number of rotatable bonds is 11. The summed E-state index contributed by atoms with van der Waals surface area (Å²) in [5, 5.41) is 10.1. The van der Waals surface area contributed by atoms with Gasteiger partial charge in [-0.25, -0.2) is 0 Å². The first kappa shape index (κ1) is 18.2. The van der Waals surface area contributed by atoms with Gasteiger partial charge in [-0.3, -0.25) is 4.90 Å². The minimum atomic E-state index is -0.494. The Bertz CT molecular complexity index is 378. The number of furan rings is 1. The molecule has 1 N–H and O–H groups in total. The first-order chi connectivity index (χ1) is 10.0. The maximum Gasteiger partial charge on any atom is 0.118 e. The van der Waals surface area contributed by atoms with Crippen molar-refractivity contribution in [3.05, 3.63) is 23.7 Å². The summed E-state index contributed by atoms with van der Waals surface area (Å²) in [5.41, 5.74) is 0. The van der Waals surface area contributed by atoms with E-state index in [1.54, 1.807) is 7.11 Å².